The third-order valence-electron chi connectivity index (χ3n) is 9.35. The smallest absolute Gasteiger partial charge is 0.311 e. The molecule has 0 saturated carbocycles. The largest absolute Gasteiger partial charge is 0.508 e. The molecule has 0 aliphatic carbocycles. The number of hydrogen-bond acceptors (Lipinski definition) is 11. The summed E-state index contributed by atoms with van der Waals surface area (Å²) in [7, 11) is -3.17. The number of benzene rings is 4. The summed E-state index contributed by atoms with van der Waals surface area (Å²) in [6.07, 6.45) is -8.34. The summed E-state index contributed by atoms with van der Waals surface area (Å²) in [5.74, 6) is -2.87. The highest BCUT2D eigenvalue weighted by Crippen LogP contribution is 2.49. The fourth-order valence-corrected chi connectivity index (χ4v) is 7.72. The molecule has 0 bridgehead atoms. The molecule has 15 heteroatoms. The molecule has 276 valence electrons. The second-order valence-electron chi connectivity index (χ2n) is 12.7. The normalized spacial score (nSPS) is 25.4. The summed E-state index contributed by atoms with van der Waals surface area (Å²) in [4.78, 5) is 14.9. The summed E-state index contributed by atoms with van der Waals surface area (Å²) < 4.78 is 68.1. The van der Waals surface area contributed by atoms with Crippen LogP contribution in [0, 0.1) is 17.6 Å². The van der Waals surface area contributed by atoms with E-state index in [0.29, 0.717) is 27.9 Å². The van der Waals surface area contributed by atoms with Gasteiger partial charge in [0.15, 0.2) is 6.29 Å². The Balaban J connectivity index is 1.17. The van der Waals surface area contributed by atoms with Gasteiger partial charge in [-0.15, -0.1) is 0 Å². The highest BCUT2D eigenvalue weighted by Gasteiger charge is 2.49. The Morgan fingerprint density at radius 2 is 1.46 bits per heavy atom. The van der Waals surface area contributed by atoms with Crippen LogP contribution in [-0.4, -0.2) is 83.4 Å². The molecule has 6 rings (SSSR count). The standard InChI is InChI=1S/C37H37F2NO11S/c1-49-37-35(45)34(44)33(43)31(50-37)19-52(47,48)51-26-13-4-20(5-14-26)22-6-15-27(30(42)18-22)32-28(16-17-29(41)21-2-7-23(38)8-3-21)36(46)40(32)25-11-9-24(39)10-12-25/h2-15,18,28-29,31-35,37,41-45H,16-17,19H2,1H3. The number of aromatic hydroxyl groups is 1. The van der Waals surface area contributed by atoms with Crippen molar-refractivity contribution in [1.29, 1.82) is 0 Å². The van der Waals surface area contributed by atoms with E-state index >= 15 is 0 Å². The molecule has 0 aromatic heterocycles. The van der Waals surface area contributed by atoms with Crippen molar-refractivity contribution in [3.05, 3.63) is 114 Å². The van der Waals surface area contributed by atoms with Crippen LogP contribution >= 0.6 is 0 Å². The van der Waals surface area contributed by atoms with E-state index in [-0.39, 0.29) is 30.2 Å². The second kappa shape index (κ2) is 15.2. The zero-order valence-electron chi connectivity index (χ0n) is 27.7. The topological polar surface area (TPSA) is 183 Å². The maximum Gasteiger partial charge on any atom is 0.311 e. The van der Waals surface area contributed by atoms with Crippen LogP contribution in [-0.2, 0) is 24.4 Å². The molecule has 1 amide bonds. The molecule has 0 radical (unpaired) electrons. The van der Waals surface area contributed by atoms with Gasteiger partial charge in [0.25, 0.3) is 0 Å². The van der Waals surface area contributed by atoms with Crippen LogP contribution in [0.2, 0.25) is 0 Å². The zero-order valence-corrected chi connectivity index (χ0v) is 28.5. The van der Waals surface area contributed by atoms with Gasteiger partial charge in [-0.1, -0.05) is 36.4 Å². The molecule has 2 saturated heterocycles. The third-order valence-corrected chi connectivity index (χ3v) is 10.5. The summed E-state index contributed by atoms with van der Waals surface area (Å²) in [5.41, 5.74) is 2.48. The quantitative estimate of drug-likeness (QED) is 0.105. The van der Waals surface area contributed by atoms with Crippen LogP contribution < -0.4 is 9.08 Å². The molecule has 4 aromatic carbocycles. The lowest BCUT2D eigenvalue weighted by Crippen LogP contribution is -2.59. The number of ether oxygens (including phenoxy) is 2. The molecule has 8 unspecified atom stereocenters. The van der Waals surface area contributed by atoms with Crippen molar-refractivity contribution >= 4 is 21.7 Å². The summed E-state index contributed by atoms with van der Waals surface area (Å²) in [6.45, 7) is 0. The molecule has 2 aliphatic rings. The van der Waals surface area contributed by atoms with Crippen molar-refractivity contribution in [1.82, 2.24) is 0 Å². The molecule has 8 atom stereocenters. The van der Waals surface area contributed by atoms with Crippen LogP contribution in [0.4, 0.5) is 14.5 Å². The Hall–Kier alpha value is -4.48. The molecule has 4 aromatic rings. The van der Waals surface area contributed by atoms with Gasteiger partial charge in [-0.05, 0) is 84.1 Å². The van der Waals surface area contributed by atoms with Gasteiger partial charge in [0.2, 0.25) is 5.91 Å². The molecule has 52 heavy (non-hydrogen) atoms. The maximum atomic E-state index is 13.7. The molecular weight excluding hydrogens is 704 g/mol. The van der Waals surface area contributed by atoms with E-state index in [9.17, 15) is 47.5 Å². The van der Waals surface area contributed by atoms with Crippen LogP contribution in [0.5, 0.6) is 11.5 Å². The van der Waals surface area contributed by atoms with E-state index in [0.717, 1.165) is 0 Å². The van der Waals surface area contributed by atoms with E-state index in [2.05, 4.69) is 0 Å². The fourth-order valence-electron chi connectivity index (χ4n) is 6.57. The average Bonchev–Trinajstić information content (AvgIpc) is 3.12. The van der Waals surface area contributed by atoms with E-state index < -0.39 is 76.3 Å². The van der Waals surface area contributed by atoms with Crippen LogP contribution in [0.1, 0.15) is 36.1 Å². The first kappa shape index (κ1) is 37.3. The Kier molecular flexibility index (Phi) is 10.9. The lowest BCUT2D eigenvalue weighted by atomic mass is 9.77. The molecule has 0 spiro atoms. The number of methoxy groups -OCH3 is 1. The number of carbonyl (C=O) groups is 1. The SMILES string of the molecule is COC1OC(CS(=O)(=O)Oc2ccc(-c3ccc(C4C(CCC(O)c5ccc(F)cc5)C(=O)N4c4ccc(F)cc4)c(O)c3)cc2)C(O)C(O)C1O. The van der Waals surface area contributed by atoms with E-state index in [4.69, 9.17) is 13.7 Å². The second-order valence-corrected chi connectivity index (χ2v) is 14.4. The number of nitrogens with zero attached hydrogens (tertiary/aromatic N) is 1. The highest BCUT2D eigenvalue weighted by atomic mass is 32.2. The minimum absolute atomic E-state index is 0.0626. The lowest BCUT2D eigenvalue weighted by molar-refractivity contribution is -0.285. The van der Waals surface area contributed by atoms with Gasteiger partial charge < -0.3 is 44.1 Å². The first-order chi connectivity index (χ1) is 24.8. The van der Waals surface area contributed by atoms with E-state index in [1.807, 2.05) is 0 Å². The van der Waals surface area contributed by atoms with Gasteiger partial charge in [-0.25, -0.2) is 8.78 Å². The number of amides is 1. The predicted octanol–water partition coefficient (Wildman–Crippen LogP) is 3.72. The number of hydrogen-bond donors (Lipinski definition) is 5. The third kappa shape index (κ3) is 7.80. The molecule has 2 aliphatic heterocycles. The minimum Gasteiger partial charge on any atom is -0.508 e. The molecule has 5 N–H and O–H groups in total. The van der Waals surface area contributed by atoms with Crippen molar-refractivity contribution in [2.45, 2.75) is 55.7 Å². The fraction of sp³-hybridized carbons (Fsp3) is 0.324. The van der Waals surface area contributed by atoms with Crippen molar-refractivity contribution in [3.8, 4) is 22.6 Å². The number of halogens is 2. The number of rotatable bonds is 12. The summed E-state index contributed by atoms with van der Waals surface area (Å²) >= 11 is 0. The van der Waals surface area contributed by atoms with Gasteiger partial charge in [-0.2, -0.15) is 8.42 Å². The van der Waals surface area contributed by atoms with Gasteiger partial charge in [0.05, 0.1) is 18.1 Å². The number of anilines is 1. The number of aliphatic hydroxyl groups is 4. The molecule has 2 fully saturated rings. The van der Waals surface area contributed by atoms with E-state index in [1.54, 1.807) is 24.3 Å². The number of phenolic OH excluding ortho intramolecular Hbond substituents is 1. The summed E-state index contributed by atoms with van der Waals surface area (Å²) in [5, 5.41) is 52.2. The maximum absolute atomic E-state index is 13.7. The van der Waals surface area contributed by atoms with Crippen LogP contribution in [0.15, 0.2) is 91.0 Å². The minimum atomic E-state index is -4.36. The van der Waals surface area contributed by atoms with Crippen LogP contribution in [0.25, 0.3) is 11.1 Å². The van der Waals surface area contributed by atoms with Crippen molar-refractivity contribution in [3.63, 3.8) is 0 Å². The first-order valence-electron chi connectivity index (χ1n) is 16.4. The van der Waals surface area contributed by atoms with Gasteiger partial charge >= 0.3 is 10.1 Å². The monoisotopic (exact) mass is 741 g/mol. The Labute approximate surface area is 298 Å². The Morgan fingerprint density at radius 3 is 2.08 bits per heavy atom. The van der Waals surface area contributed by atoms with Crippen molar-refractivity contribution in [2.24, 2.45) is 5.92 Å². The highest BCUT2D eigenvalue weighted by molar-refractivity contribution is 7.87. The van der Waals surface area contributed by atoms with Crippen molar-refractivity contribution < 1.29 is 61.2 Å². The average molecular weight is 742 g/mol. The van der Waals surface area contributed by atoms with E-state index in [1.165, 1.54) is 78.7 Å². The number of phenols is 1. The molecular formula is C37H37F2NO11S. The summed E-state index contributed by atoms with van der Waals surface area (Å²) in [6, 6.07) is 20.9. The molecule has 2 heterocycles. The first-order valence-corrected chi connectivity index (χ1v) is 17.9. The Bertz CT molecular complexity index is 1980. The number of aliphatic hydroxyl groups excluding tert-OH is 4. The van der Waals surface area contributed by atoms with Gasteiger partial charge in [-0.3, -0.25) is 4.79 Å². The van der Waals surface area contributed by atoms with Gasteiger partial charge in [0.1, 0.15) is 53.3 Å². The number of β-lactam (4-membered cyclic amide) rings is 1. The predicted molar refractivity (Wildman–Crippen MR) is 182 cm³/mol. The van der Waals surface area contributed by atoms with Gasteiger partial charge in [0, 0.05) is 18.4 Å². The lowest BCUT2D eigenvalue weighted by Gasteiger charge is -2.48. The van der Waals surface area contributed by atoms with Crippen LogP contribution in [0.3, 0.4) is 0 Å². The zero-order chi connectivity index (χ0) is 37.3. The Morgan fingerprint density at radius 1 is 0.846 bits per heavy atom. The van der Waals surface area contributed by atoms with Crippen molar-refractivity contribution in [2.75, 3.05) is 17.8 Å². The molecule has 12 nitrogen and oxygen atoms in total. The number of carbonyl (C=O) groups excluding carboxylic acids is 1.